The van der Waals surface area contributed by atoms with Gasteiger partial charge in [-0.25, -0.2) is 9.97 Å². The number of rotatable bonds is 6. The smallest absolute Gasteiger partial charge is 0.271 e. The second kappa shape index (κ2) is 6.95. The summed E-state index contributed by atoms with van der Waals surface area (Å²) in [7, 11) is 0.860. The molecule has 0 aliphatic carbocycles. The van der Waals surface area contributed by atoms with Gasteiger partial charge in [0.15, 0.2) is 0 Å². The molecule has 17 heavy (non-hydrogen) atoms. The minimum Gasteiger partial charge on any atom is -0.372 e. The maximum Gasteiger partial charge on any atom is 0.271 e. The van der Waals surface area contributed by atoms with Gasteiger partial charge < -0.3 is 10.6 Å². The summed E-state index contributed by atoms with van der Waals surface area (Å²) in [5.41, 5.74) is 0.256. The molecule has 0 spiro atoms. The third kappa shape index (κ3) is 4.48. The van der Waals surface area contributed by atoms with Gasteiger partial charge in [0.25, 0.3) is 5.91 Å². The second-order valence-electron chi connectivity index (χ2n) is 3.23. The Morgan fingerprint density at radius 1 is 1.41 bits per heavy atom. The Kier molecular flexibility index (Phi) is 5.55. The zero-order chi connectivity index (χ0) is 12.7. The summed E-state index contributed by atoms with van der Waals surface area (Å²) in [5, 5.41) is 5.46. The molecule has 1 aromatic heterocycles. The summed E-state index contributed by atoms with van der Waals surface area (Å²) in [4.78, 5) is 19.5. The molecule has 0 aliphatic heterocycles. The molecule has 0 saturated heterocycles. The van der Waals surface area contributed by atoms with Crippen molar-refractivity contribution in [1.82, 2.24) is 15.3 Å². The van der Waals surface area contributed by atoms with E-state index in [-0.39, 0.29) is 11.6 Å². The summed E-state index contributed by atoms with van der Waals surface area (Å²) < 4.78 is 11.1. The van der Waals surface area contributed by atoms with Crippen LogP contribution in [0, 0.1) is 0 Å². The van der Waals surface area contributed by atoms with Crippen molar-refractivity contribution in [2.75, 3.05) is 30.4 Å². The lowest BCUT2D eigenvalue weighted by atomic mass is 10.4. The second-order valence-corrected chi connectivity index (χ2v) is 5.09. The number of nitrogens with one attached hydrogen (secondary N) is 2. The largest absolute Gasteiger partial charge is 0.372 e. The van der Waals surface area contributed by atoms with Crippen LogP contribution in [0.5, 0.6) is 0 Å². The molecule has 94 valence electrons. The summed E-state index contributed by atoms with van der Waals surface area (Å²) in [6.07, 6.45) is 2.89. The molecule has 1 aromatic rings. The molecule has 2 N–H and O–H groups in total. The lowest BCUT2D eigenvalue weighted by Crippen LogP contribution is -2.28. The van der Waals surface area contributed by atoms with Gasteiger partial charge in [-0.2, -0.15) is 0 Å². The van der Waals surface area contributed by atoms with Gasteiger partial charge in [0.1, 0.15) is 11.5 Å². The summed E-state index contributed by atoms with van der Waals surface area (Å²) in [6.45, 7) is 2.23. The first-order valence-electron chi connectivity index (χ1n) is 5.30. The minimum absolute atomic E-state index is 0.256. The van der Waals surface area contributed by atoms with Crippen molar-refractivity contribution in [2.24, 2.45) is 0 Å². The van der Waals surface area contributed by atoms with E-state index in [0.717, 1.165) is 0 Å². The van der Waals surface area contributed by atoms with Crippen molar-refractivity contribution < 1.29 is 9.00 Å². The lowest BCUT2D eigenvalue weighted by molar-refractivity contribution is 0.0951. The van der Waals surface area contributed by atoms with Crippen LogP contribution >= 0.6 is 0 Å². The Balaban J connectivity index is 2.44. The van der Waals surface area contributed by atoms with Gasteiger partial charge in [-0.3, -0.25) is 9.00 Å². The Labute approximate surface area is 103 Å². The van der Waals surface area contributed by atoms with E-state index in [1.54, 1.807) is 7.05 Å². The number of amides is 1. The predicted octanol–water partition coefficient (Wildman–Crippen LogP) is 0.0167. The van der Waals surface area contributed by atoms with Crippen LogP contribution < -0.4 is 10.6 Å². The molecule has 7 heteroatoms. The highest BCUT2D eigenvalue weighted by atomic mass is 32.2. The maximum atomic E-state index is 11.6. The first-order valence-corrected chi connectivity index (χ1v) is 6.79. The van der Waals surface area contributed by atoms with E-state index in [1.165, 1.54) is 12.4 Å². The molecule has 1 amide bonds. The van der Waals surface area contributed by atoms with E-state index in [0.29, 0.717) is 23.9 Å². The maximum absolute atomic E-state index is 11.6. The fourth-order valence-electron chi connectivity index (χ4n) is 1.09. The minimum atomic E-state index is -0.866. The van der Waals surface area contributed by atoms with Crippen molar-refractivity contribution in [1.29, 1.82) is 0 Å². The zero-order valence-corrected chi connectivity index (χ0v) is 10.7. The van der Waals surface area contributed by atoms with Crippen LogP contribution in [0.1, 0.15) is 17.4 Å². The Morgan fingerprint density at radius 2 is 2.18 bits per heavy atom. The number of aromatic nitrogens is 2. The van der Waals surface area contributed by atoms with Crippen LogP contribution in [-0.2, 0) is 10.8 Å². The van der Waals surface area contributed by atoms with E-state index in [2.05, 4.69) is 20.6 Å². The van der Waals surface area contributed by atoms with Gasteiger partial charge in [0.05, 0.1) is 12.4 Å². The third-order valence-electron chi connectivity index (χ3n) is 2.08. The van der Waals surface area contributed by atoms with Crippen molar-refractivity contribution >= 4 is 22.5 Å². The molecule has 0 aromatic carbocycles. The van der Waals surface area contributed by atoms with Gasteiger partial charge in [-0.05, 0) is 0 Å². The Morgan fingerprint density at radius 3 is 2.71 bits per heavy atom. The summed E-state index contributed by atoms with van der Waals surface area (Å²) in [5.74, 6) is 1.37. The molecule has 0 radical (unpaired) electrons. The highest BCUT2D eigenvalue weighted by Gasteiger charge is 2.07. The summed E-state index contributed by atoms with van der Waals surface area (Å²) in [6, 6.07) is 0. The van der Waals surface area contributed by atoms with Crippen LogP contribution in [0.25, 0.3) is 0 Å². The molecule has 6 nitrogen and oxygen atoms in total. The SMILES string of the molecule is CCS(=O)CCNC(=O)c1cnc(NC)cn1. The van der Waals surface area contributed by atoms with E-state index in [4.69, 9.17) is 0 Å². The average Bonchev–Trinajstić information content (AvgIpc) is 2.38. The Hall–Kier alpha value is -1.50. The van der Waals surface area contributed by atoms with Gasteiger partial charge in [-0.15, -0.1) is 0 Å². The monoisotopic (exact) mass is 256 g/mol. The highest BCUT2D eigenvalue weighted by Crippen LogP contribution is 1.99. The van der Waals surface area contributed by atoms with Gasteiger partial charge >= 0.3 is 0 Å². The molecule has 1 atom stereocenters. The molecule has 0 bridgehead atoms. The predicted molar refractivity (Wildman–Crippen MR) is 67.5 cm³/mol. The van der Waals surface area contributed by atoms with E-state index in [9.17, 15) is 9.00 Å². The number of carbonyl (C=O) groups is 1. The van der Waals surface area contributed by atoms with E-state index < -0.39 is 10.8 Å². The number of hydrogen-bond donors (Lipinski definition) is 2. The standard InChI is InChI=1S/C10H16N4O2S/c1-3-17(16)5-4-12-10(15)8-6-14-9(11-2)7-13-8/h6-7H,3-5H2,1-2H3,(H,11,14)(H,12,15). The molecule has 0 aliphatic rings. The van der Waals surface area contributed by atoms with E-state index in [1.807, 2.05) is 6.92 Å². The molecular weight excluding hydrogens is 240 g/mol. The van der Waals surface area contributed by atoms with Gasteiger partial charge in [0, 0.05) is 35.9 Å². The first kappa shape index (κ1) is 13.6. The molecule has 0 saturated carbocycles. The van der Waals surface area contributed by atoms with E-state index >= 15 is 0 Å². The van der Waals surface area contributed by atoms with Crippen molar-refractivity contribution in [3.63, 3.8) is 0 Å². The van der Waals surface area contributed by atoms with Crippen LogP contribution in [0.4, 0.5) is 5.82 Å². The molecule has 0 fully saturated rings. The third-order valence-corrected chi connectivity index (χ3v) is 3.38. The number of hydrogen-bond acceptors (Lipinski definition) is 5. The number of anilines is 1. The van der Waals surface area contributed by atoms with Crippen LogP contribution in [0.2, 0.25) is 0 Å². The van der Waals surface area contributed by atoms with Crippen molar-refractivity contribution in [3.8, 4) is 0 Å². The van der Waals surface area contributed by atoms with Crippen molar-refractivity contribution in [2.45, 2.75) is 6.92 Å². The number of carbonyl (C=O) groups excluding carboxylic acids is 1. The molecular formula is C10H16N4O2S. The summed E-state index contributed by atoms with van der Waals surface area (Å²) >= 11 is 0. The zero-order valence-electron chi connectivity index (χ0n) is 9.90. The normalized spacial score (nSPS) is 11.9. The van der Waals surface area contributed by atoms with Crippen LogP contribution in [-0.4, -0.2) is 45.2 Å². The highest BCUT2D eigenvalue weighted by molar-refractivity contribution is 7.84. The lowest BCUT2D eigenvalue weighted by Gasteiger charge is -2.04. The quantitative estimate of drug-likeness (QED) is 0.749. The van der Waals surface area contributed by atoms with Crippen molar-refractivity contribution in [3.05, 3.63) is 18.1 Å². The van der Waals surface area contributed by atoms with Crippen LogP contribution in [0.3, 0.4) is 0 Å². The Bertz CT molecular complexity index is 394. The van der Waals surface area contributed by atoms with Gasteiger partial charge in [-0.1, -0.05) is 6.92 Å². The molecule has 1 heterocycles. The average molecular weight is 256 g/mol. The fraction of sp³-hybridized carbons (Fsp3) is 0.500. The van der Waals surface area contributed by atoms with Gasteiger partial charge in [0.2, 0.25) is 0 Å². The van der Waals surface area contributed by atoms with Crippen LogP contribution in [0.15, 0.2) is 12.4 Å². The topological polar surface area (TPSA) is 84.0 Å². The fourth-order valence-corrected chi connectivity index (χ4v) is 1.71. The molecule has 1 unspecified atom stereocenters. The first-order chi connectivity index (χ1) is 8.17. The molecule has 1 rings (SSSR count). The number of nitrogens with zero attached hydrogens (tertiary/aromatic N) is 2.